The minimum absolute atomic E-state index is 0.0865. The van der Waals surface area contributed by atoms with E-state index >= 15 is 0 Å². The summed E-state index contributed by atoms with van der Waals surface area (Å²) in [7, 11) is 0. The van der Waals surface area contributed by atoms with Crippen molar-refractivity contribution in [3.05, 3.63) is 101 Å². The number of rotatable bonds is 6. The molecule has 1 aliphatic rings. The molecule has 5 heteroatoms. The number of benzene rings is 3. The van der Waals surface area contributed by atoms with E-state index in [0.717, 1.165) is 47.5 Å². The number of hydrogen-bond donors (Lipinski definition) is 0. The summed E-state index contributed by atoms with van der Waals surface area (Å²) in [6.07, 6.45) is 3.42. The SMILES string of the molecule is CCOC(c1ccccc1)c1ccc2c(c1)CN(Cc1cccc3nccnc13)CCO2. The second kappa shape index (κ2) is 9.47. The van der Waals surface area contributed by atoms with Crippen LogP contribution in [0.1, 0.15) is 35.3 Å². The first-order chi connectivity index (χ1) is 15.8. The molecular weight excluding hydrogens is 398 g/mol. The summed E-state index contributed by atoms with van der Waals surface area (Å²) in [5.74, 6) is 0.956. The molecule has 0 saturated heterocycles. The predicted octanol–water partition coefficient (Wildman–Crippen LogP) is 5.15. The quantitative estimate of drug-likeness (QED) is 0.428. The van der Waals surface area contributed by atoms with Crippen LogP contribution in [0.2, 0.25) is 0 Å². The van der Waals surface area contributed by atoms with Crippen LogP contribution in [0.4, 0.5) is 0 Å². The summed E-state index contributed by atoms with van der Waals surface area (Å²) < 4.78 is 12.2. The largest absolute Gasteiger partial charge is 0.492 e. The summed E-state index contributed by atoms with van der Waals surface area (Å²) in [5.41, 5.74) is 6.59. The van der Waals surface area contributed by atoms with Crippen LogP contribution < -0.4 is 4.74 Å². The molecule has 3 aromatic carbocycles. The van der Waals surface area contributed by atoms with Gasteiger partial charge in [0, 0.05) is 44.2 Å². The first kappa shape index (κ1) is 20.6. The van der Waals surface area contributed by atoms with Gasteiger partial charge in [-0.25, -0.2) is 0 Å². The van der Waals surface area contributed by atoms with Crippen LogP contribution in [0.5, 0.6) is 5.75 Å². The zero-order valence-electron chi connectivity index (χ0n) is 18.3. The topological polar surface area (TPSA) is 47.5 Å². The molecule has 0 aliphatic carbocycles. The van der Waals surface area contributed by atoms with E-state index < -0.39 is 0 Å². The first-order valence-corrected chi connectivity index (χ1v) is 11.1. The second-order valence-corrected chi connectivity index (χ2v) is 8.01. The molecule has 1 aromatic heterocycles. The van der Waals surface area contributed by atoms with Gasteiger partial charge in [0.2, 0.25) is 0 Å². The van der Waals surface area contributed by atoms with E-state index in [-0.39, 0.29) is 6.10 Å². The maximum Gasteiger partial charge on any atom is 0.123 e. The van der Waals surface area contributed by atoms with Crippen molar-refractivity contribution in [3.63, 3.8) is 0 Å². The minimum atomic E-state index is -0.0865. The molecule has 1 aliphatic heterocycles. The fourth-order valence-corrected chi connectivity index (χ4v) is 4.37. The number of nitrogens with zero attached hydrogens (tertiary/aromatic N) is 3. The molecule has 1 unspecified atom stereocenters. The van der Waals surface area contributed by atoms with E-state index in [1.807, 2.05) is 19.1 Å². The minimum Gasteiger partial charge on any atom is -0.492 e. The van der Waals surface area contributed by atoms with E-state index in [2.05, 4.69) is 69.5 Å². The lowest BCUT2D eigenvalue weighted by Crippen LogP contribution is -2.25. The molecule has 0 fully saturated rings. The van der Waals surface area contributed by atoms with Gasteiger partial charge in [-0.1, -0.05) is 48.5 Å². The molecule has 4 aromatic rings. The van der Waals surface area contributed by atoms with Crippen LogP contribution in [0, 0.1) is 0 Å². The third kappa shape index (κ3) is 4.35. The summed E-state index contributed by atoms with van der Waals surface area (Å²) >= 11 is 0. The van der Waals surface area contributed by atoms with Crippen molar-refractivity contribution in [1.29, 1.82) is 0 Å². The molecular formula is C27H27N3O2. The molecule has 0 amide bonds. The van der Waals surface area contributed by atoms with Gasteiger partial charge in [-0.2, -0.15) is 0 Å². The summed E-state index contributed by atoms with van der Waals surface area (Å²) in [4.78, 5) is 11.4. The maximum atomic E-state index is 6.14. The Bertz CT molecular complexity index is 1190. The number of ether oxygens (including phenoxy) is 2. The number of hydrogen-bond acceptors (Lipinski definition) is 5. The third-order valence-corrected chi connectivity index (χ3v) is 5.86. The molecule has 32 heavy (non-hydrogen) atoms. The summed E-state index contributed by atoms with van der Waals surface area (Å²) in [6, 6.07) is 23.1. The molecule has 5 nitrogen and oxygen atoms in total. The van der Waals surface area contributed by atoms with Crippen LogP contribution in [0.3, 0.4) is 0 Å². The van der Waals surface area contributed by atoms with E-state index in [0.29, 0.717) is 13.2 Å². The second-order valence-electron chi connectivity index (χ2n) is 8.01. The van der Waals surface area contributed by atoms with Gasteiger partial charge >= 0.3 is 0 Å². The fraction of sp³-hybridized carbons (Fsp3) is 0.259. The van der Waals surface area contributed by atoms with Crippen LogP contribution >= 0.6 is 0 Å². The molecule has 162 valence electrons. The van der Waals surface area contributed by atoms with Crippen molar-refractivity contribution in [3.8, 4) is 5.75 Å². The van der Waals surface area contributed by atoms with E-state index in [4.69, 9.17) is 9.47 Å². The number of fused-ring (bicyclic) bond motifs is 2. The summed E-state index contributed by atoms with van der Waals surface area (Å²) in [6.45, 7) is 5.83. The predicted molar refractivity (Wildman–Crippen MR) is 126 cm³/mol. The highest BCUT2D eigenvalue weighted by molar-refractivity contribution is 5.77. The van der Waals surface area contributed by atoms with Gasteiger partial charge in [0.1, 0.15) is 18.5 Å². The average Bonchev–Trinajstić information content (AvgIpc) is 3.04. The first-order valence-electron chi connectivity index (χ1n) is 11.1. The molecule has 5 rings (SSSR count). The highest BCUT2D eigenvalue weighted by Gasteiger charge is 2.20. The Morgan fingerprint density at radius 1 is 0.969 bits per heavy atom. The highest BCUT2D eigenvalue weighted by atomic mass is 16.5. The van der Waals surface area contributed by atoms with Crippen LogP contribution in [-0.4, -0.2) is 34.6 Å². The van der Waals surface area contributed by atoms with Crippen LogP contribution in [0.15, 0.2) is 79.1 Å². The molecule has 0 bridgehead atoms. The van der Waals surface area contributed by atoms with Gasteiger partial charge in [-0.3, -0.25) is 14.9 Å². The highest BCUT2D eigenvalue weighted by Crippen LogP contribution is 2.32. The molecule has 0 N–H and O–H groups in total. The Labute approximate surface area is 188 Å². The smallest absolute Gasteiger partial charge is 0.123 e. The van der Waals surface area contributed by atoms with Gasteiger partial charge in [0.25, 0.3) is 0 Å². The lowest BCUT2D eigenvalue weighted by atomic mass is 9.98. The van der Waals surface area contributed by atoms with Crippen molar-refractivity contribution in [2.75, 3.05) is 19.8 Å². The molecule has 0 saturated carbocycles. The van der Waals surface area contributed by atoms with Gasteiger partial charge in [0.05, 0.1) is 11.0 Å². The number of aromatic nitrogens is 2. The van der Waals surface area contributed by atoms with Gasteiger partial charge in [-0.15, -0.1) is 0 Å². The zero-order valence-corrected chi connectivity index (χ0v) is 18.3. The van der Waals surface area contributed by atoms with Crippen molar-refractivity contribution >= 4 is 11.0 Å². The maximum absolute atomic E-state index is 6.14. The van der Waals surface area contributed by atoms with E-state index in [9.17, 15) is 0 Å². The monoisotopic (exact) mass is 425 g/mol. The average molecular weight is 426 g/mol. The van der Waals surface area contributed by atoms with E-state index in [1.165, 1.54) is 11.1 Å². The molecule has 2 heterocycles. The lowest BCUT2D eigenvalue weighted by molar-refractivity contribution is 0.0912. The molecule has 0 spiro atoms. The Kier molecular flexibility index (Phi) is 6.10. The van der Waals surface area contributed by atoms with Crippen LogP contribution in [0.25, 0.3) is 11.0 Å². The van der Waals surface area contributed by atoms with Crippen LogP contribution in [-0.2, 0) is 17.8 Å². The zero-order chi connectivity index (χ0) is 21.8. The van der Waals surface area contributed by atoms with Crippen molar-refractivity contribution in [2.24, 2.45) is 0 Å². The Morgan fingerprint density at radius 3 is 2.72 bits per heavy atom. The lowest BCUT2D eigenvalue weighted by Gasteiger charge is -2.22. The molecule has 0 radical (unpaired) electrons. The van der Waals surface area contributed by atoms with Gasteiger partial charge in [0.15, 0.2) is 0 Å². The fourth-order valence-electron chi connectivity index (χ4n) is 4.37. The van der Waals surface area contributed by atoms with Gasteiger partial charge in [-0.05, 0) is 41.8 Å². The normalized spacial score (nSPS) is 15.0. The van der Waals surface area contributed by atoms with Crippen molar-refractivity contribution in [2.45, 2.75) is 26.1 Å². The summed E-state index contributed by atoms with van der Waals surface area (Å²) in [5, 5.41) is 0. The Morgan fingerprint density at radius 2 is 1.84 bits per heavy atom. The Hall–Kier alpha value is -3.28. The third-order valence-electron chi connectivity index (χ3n) is 5.86. The van der Waals surface area contributed by atoms with E-state index in [1.54, 1.807) is 12.4 Å². The van der Waals surface area contributed by atoms with Crippen molar-refractivity contribution < 1.29 is 9.47 Å². The number of para-hydroxylation sites is 1. The van der Waals surface area contributed by atoms with Gasteiger partial charge < -0.3 is 9.47 Å². The Balaban J connectivity index is 1.43. The van der Waals surface area contributed by atoms with Crippen molar-refractivity contribution in [1.82, 2.24) is 14.9 Å². The molecule has 1 atom stereocenters. The standard InChI is InChI=1S/C27H27N3O2/c1-2-31-27(20-7-4-3-5-8-20)21-11-12-25-23(17-21)19-30(15-16-32-25)18-22-9-6-10-24-26(22)29-14-13-28-24/h3-14,17,27H,2,15-16,18-19H2,1H3.